The Morgan fingerprint density at radius 1 is 1.21 bits per heavy atom. The van der Waals surface area contributed by atoms with E-state index in [9.17, 15) is 9.90 Å². The van der Waals surface area contributed by atoms with E-state index in [2.05, 4.69) is 5.32 Å². The topological polar surface area (TPSA) is 49.3 Å². The molecular weight excluding hydrogens is 238 g/mol. The summed E-state index contributed by atoms with van der Waals surface area (Å²) in [5, 5.41) is 14.8. The molecule has 1 fully saturated rings. The predicted octanol–water partition coefficient (Wildman–Crippen LogP) is 3.08. The van der Waals surface area contributed by atoms with Crippen LogP contribution in [0.1, 0.15) is 29.6 Å². The van der Waals surface area contributed by atoms with Gasteiger partial charge in [-0.1, -0.05) is 30.7 Å². The predicted molar refractivity (Wildman–Crippen MR) is 75.3 cm³/mol. The highest BCUT2D eigenvalue weighted by molar-refractivity contribution is 6.01. The van der Waals surface area contributed by atoms with Gasteiger partial charge < -0.3 is 10.4 Å². The first-order chi connectivity index (χ1) is 9.24. The average molecular weight is 255 g/mol. The maximum Gasteiger partial charge on any atom is 0.255 e. The molecule has 0 unspecified atom stereocenters. The fourth-order valence-corrected chi connectivity index (χ4v) is 2.44. The molecule has 2 N–H and O–H groups in total. The second-order valence-corrected chi connectivity index (χ2v) is 5.22. The monoisotopic (exact) mass is 255 g/mol. The van der Waals surface area contributed by atoms with Gasteiger partial charge in [-0.3, -0.25) is 4.79 Å². The molecule has 0 spiro atoms. The Bertz CT molecular complexity index is 617. The number of fused-ring (bicyclic) bond motifs is 1. The molecule has 0 bridgehead atoms. The number of aromatic hydroxyl groups is 1. The number of phenols is 1. The molecule has 2 aromatic rings. The lowest BCUT2D eigenvalue weighted by Crippen LogP contribution is -2.32. The summed E-state index contributed by atoms with van der Waals surface area (Å²) in [4.78, 5) is 12.1. The normalized spacial score (nSPS) is 15.2. The van der Waals surface area contributed by atoms with Crippen molar-refractivity contribution in [2.75, 3.05) is 6.54 Å². The summed E-state index contributed by atoms with van der Waals surface area (Å²) in [6.07, 6.45) is 3.66. The summed E-state index contributed by atoms with van der Waals surface area (Å²) >= 11 is 0. The zero-order valence-corrected chi connectivity index (χ0v) is 10.7. The van der Waals surface area contributed by atoms with Crippen molar-refractivity contribution in [3.8, 4) is 5.75 Å². The van der Waals surface area contributed by atoms with Gasteiger partial charge in [-0.15, -0.1) is 0 Å². The van der Waals surface area contributed by atoms with Crippen LogP contribution in [-0.2, 0) is 0 Å². The number of carbonyl (C=O) groups excluding carboxylic acids is 1. The molecule has 0 saturated heterocycles. The van der Waals surface area contributed by atoms with E-state index in [0.29, 0.717) is 18.0 Å². The first-order valence-corrected chi connectivity index (χ1v) is 6.74. The lowest BCUT2D eigenvalue weighted by Gasteiger charge is -2.25. The van der Waals surface area contributed by atoms with Gasteiger partial charge in [-0.25, -0.2) is 0 Å². The van der Waals surface area contributed by atoms with Gasteiger partial charge in [0.2, 0.25) is 0 Å². The third kappa shape index (κ3) is 2.41. The van der Waals surface area contributed by atoms with Crippen molar-refractivity contribution in [3.05, 3.63) is 42.0 Å². The summed E-state index contributed by atoms with van der Waals surface area (Å²) < 4.78 is 0. The molecule has 0 atom stereocenters. The molecule has 2 aromatic carbocycles. The van der Waals surface area contributed by atoms with Crippen LogP contribution in [0.15, 0.2) is 36.4 Å². The Balaban J connectivity index is 1.82. The lowest BCUT2D eigenvalue weighted by molar-refractivity contribution is 0.0936. The maximum atomic E-state index is 12.1. The van der Waals surface area contributed by atoms with E-state index in [-0.39, 0.29) is 11.7 Å². The SMILES string of the molecule is O=C(NCC1CCC1)c1cc2ccccc2cc1O. The summed E-state index contributed by atoms with van der Waals surface area (Å²) in [6.45, 7) is 0.713. The number of phenolic OH excluding ortho intramolecular Hbond substituents is 1. The number of hydrogen-bond donors (Lipinski definition) is 2. The quantitative estimate of drug-likeness (QED) is 0.885. The molecule has 98 valence electrons. The van der Waals surface area contributed by atoms with Gasteiger partial charge >= 0.3 is 0 Å². The van der Waals surface area contributed by atoms with Crippen LogP contribution in [-0.4, -0.2) is 17.6 Å². The van der Waals surface area contributed by atoms with Crippen LogP contribution in [0.2, 0.25) is 0 Å². The average Bonchev–Trinajstić information content (AvgIpc) is 2.36. The van der Waals surface area contributed by atoms with Gasteiger partial charge in [-0.2, -0.15) is 0 Å². The highest BCUT2D eigenvalue weighted by atomic mass is 16.3. The second-order valence-electron chi connectivity index (χ2n) is 5.22. The largest absolute Gasteiger partial charge is 0.507 e. The van der Waals surface area contributed by atoms with Crippen LogP contribution in [0.4, 0.5) is 0 Å². The van der Waals surface area contributed by atoms with Crippen molar-refractivity contribution in [2.24, 2.45) is 5.92 Å². The summed E-state index contributed by atoms with van der Waals surface area (Å²) in [6, 6.07) is 11.1. The van der Waals surface area contributed by atoms with E-state index in [0.717, 1.165) is 10.8 Å². The molecule has 1 saturated carbocycles. The third-order valence-corrected chi connectivity index (χ3v) is 3.88. The molecule has 3 nitrogen and oxygen atoms in total. The van der Waals surface area contributed by atoms with E-state index >= 15 is 0 Å². The van der Waals surface area contributed by atoms with Crippen molar-refractivity contribution in [3.63, 3.8) is 0 Å². The Labute approximate surface area is 112 Å². The fourth-order valence-electron chi connectivity index (χ4n) is 2.44. The minimum atomic E-state index is -0.185. The van der Waals surface area contributed by atoms with Gasteiger partial charge in [0.05, 0.1) is 5.56 Å². The molecule has 0 aromatic heterocycles. The smallest absolute Gasteiger partial charge is 0.255 e. The molecule has 1 aliphatic carbocycles. The summed E-state index contributed by atoms with van der Waals surface area (Å²) in [7, 11) is 0. The number of nitrogens with one attached hydrogen (secondary N) is 1. The Morgan fingerprint density at radius 3 is 2.53 bits per heavy atom. The Morgan fingerprint density at radius 2 is 1.89 bits per heavy atom. The molecule has 19 heavy (non-hydrogen) atoms. The second kappa shape index (κ2) is 4.92. The number of hydrogen-bond acceptors (Lipinski definition) is 2. The number of benzene rings is 2. The first-order valence-electron chi connectivity index (χ1n) is 6.74. The molecule has 1 amide bonds. The van der Waals surface area contributed by atoms with Gasteiger partial charge in [0.15, 0.2) is 0 Å². The van der Waals surface area contributed by atoms with Crippen LogP contribution in [0.25, 0.3) is 10.8 Å². The Kier molecular flexibility index (Phi) is 3.11. The van der Waals surface area contributed by atoms with Crippen LogP contribution in [0.3, 0.4) is 0 Å². The Hall–Kier alpha value is -2.03. The van der Waals surface area contributed by atoms with Crippen molar-refractivity contribution in [1.29, 1.82) is 0 Å². The number of rotatable bonds is 3. The third-order valence-electron chi connectivity index (χ3n) is 3.88. The van der Waals surface area contributed by atoms with E-state index in [1.165, 1.54) is 19.3 Å². The number of carbonyl (C=O) groups is 1. The lowest BCUT2D eigenvalue weighted by atomic mass is 9.85. The van der Waals surface area contributed by atoms with Crippen molar-refractivity contribution in [1.82, 2.24) is 5.32 Å². The van der Waals surface area contributed by atoms with E-state index in [4.69, 9.17) is 0 Å². The summed E-state index contributed by atoms with van der Waals surface area (Å²) in [5.74, 6) is 0.478. The molecule has 0 heterocycles. The zero-order valence-electron chi connectivity index (χ0n) is 10.7. The van der Waals surface area contributed by atoms with Crippen LogP contribution in [0.5, 0.6) is 5.75 Å². The van der Waals surface area contributed by atoms with Gasteiger partial charge in [0, 0.05) is 6.54 Å². The number of amides is 1. The van der Waals surface area contributed by atoms with Gasteiger partial charge in [0.1, 0.15) is 5.75 Å². The van der Waals surface area contributed by atoms with Crippen molar-refractivity contribution in [2.45, 2.75) is 19.3 Å². The molecule has 3 heteroatoms. The van der Waals surface area contributed by atoms with Crippen LogP contribution < -0.4 is 5.32 Å². The van der Waals surface area contributed by atoms with E-state index in [1.807, 2.05) is 24.3 Å². The van der Waals surface area contributed by atoms with E-state index < -0.39 is 0 Å². The van der Waals surface area contributed by atoms with Gasteiger partial charge in [-0.05, 0) is 41.7 Å². The molecule has 0 aliphatic heterocycles. The van der Waals surface area contributed by atoms with Crippen molar-refractivity contribution >= 4 is 16.7 Å². The van der Waals surface area contributed by atoms with Crippen LogP contribution >= 0.6 is 0 Å². The highest BCUT2D eigenvalue weighted by Gasteiger charge is 2.19. The highest BCUT2D eigenvalue weighted by Crippen LogP contribution is 2.27. The van der Waals surface area contributed by atoms with Gasteiger partial charge in [0.25, 0.3) is 5.91 Å². The molecule has 0 radical (unpaired) electrons. The summed E-state index contributed by atoms with van der Waals surface area (Å²) in [5.41, 5.74) is 0.359. The molecular formula is C16H17NO2. The fraction of sp³-hybridized carbons (Fsp3) is 0.312. The minimum Gasteiger partial charge on any atom is -0.507 e. The minimum absolute atomic E-state index is 0.0461. The maximum absolute atomic E-state index is 12.1. The van der Waals surface area contributed by atoms with E-state index in [1.54, 1.807) is 12.1 Å². The molecule has 3 rings (SSSR count). The van der Waals surface area contributed by atoms with Crippen molar-refractivity contribution < 1.29 is 9.90 Å². The van der Waals surface area contributed by atoms with Crippen LogP contribution in [0, 0.1) is 5.92 Å². The zero-order chi connectivity index (χ0) is 13.2. The standard InChI is InChI=1S/C16H17NO2/c18-15-9-13-7-2-1-6-12(13)8-14(15)16(19)17-10-11-4-3-5-11/h1-2,6-9,11,18H,3-5,10H2,(H,17,19). The first kappa shape index (κ1) is 12.0. The molecule has 1 aliphatic rings.